The second-order valence-electron chi connectivity index (χ2n) is 8.01. The summed E-state index contributed by atoms with van der Waals surface area (Å²) in [5.74, 6) is -0.437. The van der Waals surface area contributed by atoms with Gasteiger partial charge in [-0.15, -0.1) is 0 Å². The van der Waals surface area contributed by atoms with Gasteiger partial charge in [0.05, 0.1) is 11.9 Å². The van der Waals surface area contributed by atoms with Crippen molar-refractivity contribution in [3.05, 3.63) is 96.1 Å². The Bertz CT molecular complexity index is 1290. The maximum atomic E-state index is 14.3. The van der Waals surface area contributed by atoms with Crippen molar-refractivity contribution >= 4 is 17.6 Å². The Morgan fingerprint density at radius 2 is 1.73 bits per heavy atom. The Hall–Kier alpha value is -3.84. The van der Waals surface area contributed by atoms with Gasteiger partial charge in [0.25, 0.3) is 5.91 Å². The molecule has 2 aromatic heterocycles. The molecule has 6 nitrogen and oxygen atoms in total. The lowest BCUT2D eigenvalue weighted by atomic mass is 10.1. The van der Waals surface area contributed by atoms with Gasteiger partial charge in [-0.3, -0.25) is 9.69 Å². The third-order valence-corrected chi connectivity index (χ3v) is 5.91. The Kier molecular flexibility index (Phi) is 5.95. The van der Waals surface area contributed by atoms with E-state index in [4.69, 9.17) is 0 Å². The average molecular weight is 442 g/mol. The fraction of sp³-hybridized carbons (Fsp3) is 0.192. The lowest BCUT2D eigenvalue weighted by Gasteiger charge is -2.34. The molecule has 1 amide bonds. The SMILES string of the molecule is O=C(c1cnn2c(-c3ccccc3F)ccnc12)N1CCN(C/C=C/c2ccccc2)CC1. The molecule has 3 heterocycles. The summed E-state index contributed by atoms with van der Waals surface area (Å²) in [7, 11) is 0. The Labute approximate surface area is 191 Å². The highest BCUT2D eigenvalue weighted by Crippen LogP contribution is 2.24. The molecular formula is C26H24FN5O. The van der Waals surface area contributed by atoms with Crippen LogP contribution >= 0.6 is 0 Å². The highest BCUT2D eigenvalue weighted by Gasteiger charge is 2.25. The van der Waals surface area contributed by atoms with E-state index in [-0.39, 0.29) is 11.7 Å². The molecule has 1 fully saturated rings. The number of rotatable bonds is 5. The molecule has 166 valence electrons. The third-order valence-electron chi connectivity index (χ3n) is 5.91. The Morgan fingerprint density at radius 1 is 0.970 bits per heavy atom. The van der Waals surface area contributed by atoms with Crippen molar-refractivity contribution in [3.8, 4) is 11.3 Å². The summed E-state index contributed by atoms with van der Waals surface area (Å²) >= 11 is 0. The number of carbonyl (C=O) groups excluding carboxylic acids is 1. The van der Waals surface area contributed by atoms with Crippen LogP contribution in [0.25, 0.3) is 23.0 Å². The number of amides is 1. The summed E-state index contributed by atoms with van der Waals surface area (Å²) in [5, 5.41) is 4.36. The second-order valence-corrected chi connectivity index (χ2v) is 8.01. The number of piperazine rings is 1. The van der Waals surface area contributed by atoms with Crippen molar-refractivity contribution in [2.45, 2.75) is 0 Å². The van der Waals surface area contributed by atoms with E-state index in [2.05, 4.69) is 39.3 Å². The standard InChI is InChI=1S/C26H24FN5O/c27-23-11-5-4-10-21(23)24-12-13-28-25-22(19-29-32(24)25)26(33)31-17-15-30(16-18-31)14-6-9-20-7-2-1-3-8-20/h1-13,19H,14-18H2/b9-6+. The van der Waals surface area contributed by atoms with Crippen LogP contribution in [0.3, 0.4) is 0 Å². The van der Waals surface area contributed by atoms with Gasteiger partial charge in [0.15, 0.2) is 5.65 Å². The molecule has 1 saturated heterocycles. The van der Waals surface area contributed by atoms with Gasteiger partial charge in [0, 0.05) is 44.5 Å². The van der Waals surface area contributed by atoms with Crippen LogP contribution in [0.15, 0.2) is 79.1 Å². The van der Waals surface area contributed by atoms with E-state index in [0.29, 0.717) is 35.6 Å². The summed E-state index contributed by atoms with van der Waals surface area (Å²) in [4.78, 5) is 21.8. The smallest absolute Gasteiger partial charge is 0.259 e. The zero-order chi connectivity index (χ0) is 22.6. The number of aromatic nitrogens is 3. The van der Waals surface area contributed by atoms with Crippen molar-refractivity contribution in [1.82, 2.24) is 24.4 Å². The molecule has 33 heavy (non-hydrogen) atoms. The van der Waals surface area contributed by atoms with Crippen LogP contribution in [0.4, 0.5) is 4.39 Å². The predicted octanol–water partition coefficient (Wildman–Crippen LogP) is 4.01. The molecule has 0 saturated carbocycles. The third kappa shape index (κ3) is 4.40. The fourth-order valence-electron chi connectivity index (χ4n) is 4.12. The minimum absolute atomic E-state index is 0.0948. The highest BCUT2D eigenvalue weighted by molar-refractivity contribution is 6.00. The molecule has 2 aromatic carbocycles. The van der Waals surface area contributed by atoms with Crippen molar-refractivity contribution in [1.29, 1.82) is 0 Å². The topological polar surface area (TPSA) is 53.7 Å². The molecule has 5 rings (SSSR count). The van der Waals surface area contributed by atoms with Crippen LogP contribution in [0.1, 0.15) is 15.9 Å². The van der Waals surface area contributed by atoms with Crippen molar-refractivity contribution < 1.29 is 9.18 Å². The normalized spacial score (nSPS) is 14.9. The van der Waals surface area contributed by atoms with Gasteiger partial charge in [-0.05, 0) is 23.8 Å². The van der Waals surface area contributed by atoms with Crippen LogP contribution in [0, 0.1) is 5.82 Å². The van der Waals surface area contributed by atoms with Gasteiger partial charge in [-0.1, -0.05) is 54.6 Å². The van der Waals surface area contributed by atoms with Crippen LogP contribution in [0.5, 0.6) is 0 Å². The zero-order valence-corrected chi connectivity index (χ0v) is 18.1. The average Bonchev–Trinajstić information content (AvgIpc) is 3.30. The lowest BCUT2D eigenvalue weighted by molar-refractivity contribution is 0.0652. The molecule has 0 spiro atoms. The molecular weight excluding hydrogens is 417 g/mol. The summed E-state index contributed by atoms with van der Waals surface area (Å²) in [6.07, 6.45) is 7.40. The van der Waals surface area contributed by atoms with E-state index in [1.807, 2.05) is 23.1 Å². The summed E-state index contributed by atoms with van der Waals surface area (Å²) in [6, 6.07) is 18.4. The number of fused-ring (bicyclic) bond motifs is 1. The Morgan fingerprint density at radius 3 is 2.52 bits per heavy atom. The first-order valence-corrected chi connectivity index (χ1v) is 11.0. The lowest BCUT2D eigenvalue weighted by Crippen LogP contribution is -2.48. The van der Waals surface area contributed by atoms with Gasteiger partial charge in [-0.25, -0.2) is 13.9 Å². The van der Waals surface area contributed by atoms with Crippen LogP contribution in [-0.2, 0) is 0 Å². The molecule has 0 N–H and O–H groups in total. The quantitative estimate of drug-likeness (QED) is 0.470. The number of carbonyl (C=O) groups is 1. The summed E-state index contributed by atoms with van der Waals surface area (Å²) in [5.41, 5.74) is 3.04. The summed E-state index contributed by atoms with van der Waals surface area (Å²) < 4.78 is 15.9. The molecule has 0 atom stereocenters. The minimum Gasteiger partial charge on any atom is -0.336 e. The first kappa shape index (κ1) is 21.0. The van der Waals surface area contributed by atoms with Crippen molar-refractivity contribution in [2.24, 2.45) is 0 Å². The van der Waals surface area contributed by atoms with Gasteiger partial charge < -0.3 is 4.90 Å². The predicted molar refractivity (Wildman–Crippen MR) is 126 cm³/mol. The molecule has 0 aliphatic carbocycles. The van der Waals surface area contributed by atoms with E-state index in [9.17, 15) is 9.18 Å². The molecule has 4 aromatic rings. The zero-order valence-electron chi connectivity index (χ0n) is 18.1. The molecule has 0 bridgehead atoms. The molecule has 1 aliphatic heterocycles. The largest absolute Gasteiger partial charge is 0.336 e. The number of nitrogens with zero attached hydrogens (tertiary/aromatic N) is 5. The van der Waals surface area contributed by atoms with E-state index in [1.165, 1.54) is 22.3 Å². The highest BCUT2D eigenvalue weighted by atomic mass is 19.1. The first-order valence-electron chi connectivity index (χ1n) is 11.0. The molecule has 1 aliphatic rings. The number of hydrogen-bond donors (Lipinski definition) is 0. The monoisotopic (exact) mass is 441 g/mol. The van der Waals surface area contributed by atoms with Crippen LogP contribution in [0.2, 0.25) is 0 Å². The van der Waals surface area contributed by atoms with E-state index >= 15 is 0 Å². The van der Waals surface area contributed by atoms with Gasteiger partial charge in [0.1, 0.15) is 11.4 Å². The maximum Gasteiger partial charge on any atom is 0.259 e. The van der Waals surface area contributed by atoms with Crippen LogP contribution in [-0.4, -0.2) is 63.0 Å². The number of hydrogen-bond acceptors (Lipinski definition) is 4. The van der Waals surface area contributed by atoms with Crippen molar-refractivity contribution in [2.75, 3.05) is 32.7 Å². The van der Waals surface area contributed by atoms with E-state index in [0.717, 1.165) is 19.6 Å². The first-order chi connectivity index (χ1) is 16.2. The fourth-order valence-corrected chi connectivity index (χ4v) is 4.12. The minimum atomic E-state index is -0.342. The maximum absolute atomic E-state index is 14.3. The number of benzene rings is 2. The van der Waals surface area contributed by atoms with Gasteiger partial charge >= 0.3 is 0 Å². The number of halogens is 1. The Balaban J connectivity index is 1.27. The second kappa shape index (κ2) is 9.34. The van der Waals surface area contributed by atoms with Gasteiger partial charge in [-0.2, -0.15) is 5.10 Å². The van der Waals surface area contributed by atoms with Gasteiger partial charge in [0.2, 0.25) is 0 Å². The van der Waals surface area contributed by atoms with Crippen molar-refractivity contribution in [3.63, 3.8) is 0 Å². The van der Waals surface area contributed by atoms with E-state index in [1.54, 1.807) is 30.5 Å². The molecule has 0 unspecified atom stereocenters. The summed E-state index contributed by atoms with van der Waals surface area (Å²) in [6.45, 7) is 3.74. The molecule has 0 radical (unpaired) electrons. The van der Waals surface area contributed by atoms with E-state index < -0.39 is 0 Å². The molecule has 7 heteroatoms. The van der Waals surface area contributed by atoms with Crippen LogP contribution < -0.4 is 0 Å².